The van der Waals surface area contributed by atoms with Crippen LogP contribution in [-0.2, 0) is 0 Å². The number of aromatic nitrogens is 2. The van der Waals surface area contributed by atoms with Gasteiger partial charge in [0.05, 0.1) is 13.7 Å². The molecule has 2 N–H and O–H groups in total. The molecule has 29 heavy (non-hydrogen) atoms. The molecule has 1 aliphatic heterocycles. The maximum atomic E-state index is 6.14. The zero-order valence-corrected chi connectivity index (χ0v) is 18.2. The molecule has 1 aromatic heterocycles. The van der Waals surface area contributed by atoms with Crippen LogP contribution in [0.3, 0.4) is 0 Å². The van der Waals surface area contributed by atoms with Crippen LogP contribution in [0.2, 0.25) is 0 Å². The van der Waals surface area contributed by atoms with E-state index in [1.165, 1.54) is 6.42 Å². The second kappa shape index (κ2) is 9.78. The van der Waals surface area contributed by atoms with Crippen molar-refractivity contribution in [2.75, 3.05) is 44.0 Å². The number of rotatable bonds is 9. The highest BCUT2D eigenvalue weighted by Crippen LogP contribution is 2.32. The Balaban J connectivity index is 1.70. The fraction of sp³-hybridized carbons (Fsp3) is 0.545. The molecule has 0 radical (unpaired) electrons. The SMILES string of the molecule is CCN1CC[C@@H](COc2cc(Nc3nc(C)cc(NC(C)C)n3)ccc2OC)C1. The van der Waals surface area contributed by atoms with Gasteiger partial charge in [-0.1, -0.05) is 6.92 Å². The van der Waals surface area contributed by atoms with Gasteiger partial charge in [-0.25, -0.2) is 4.98 Å². The van der Waals surface area contributed by atoms with Gasteiger partial charge in [0, 0.05) is 42.0 Å². The molecule has 1 atom stereocenters. The van der Waals surface area contributed by atoms with Crippen molar-refractivity contribution >= 4 is 17.5 Å². The molecule has 0 unspecified atom stereocenters. The van der Waals surface area contributed by atoms with Gasteiger partial charge in [0.15, 0.2) is 11.5 Å². The van der Waals surface area contributed by atoms with E-state index in [1.54, 1.807) is 7.11 Å². The largest absolute Gasteiger partial charge is 0.493 e. The van der Waals surface area contributed by atoms with Crippen LogP contribution in [0.5, 0.6) is 11.5 Å². The molecule has 1 aromatic carbocycles. The van der Waals surface area contributed by atoms with Crippen molar-refractivity contribution in [1.29, 1.82) is 0 Å². The number of likely N-dealkylation sites (tertiary alicyclic amines) is 1. The van der Waals surface area contributed by atoms with E-state index in [2.05, 4.69) is 46.3 Å². The maximum Gasteiger partial charge on any atom is 0.229 e. The molecule has 0 aliphatic carbocycles. The molecule has 0 bridgehead atoms. The average molecular weight is 400 g/mol. The fourth-order valence-corrected chi connectivity index (χ4v) is 3.53. The van der Waals surface area contributed by atoms with Gasteiger partial charge in [0.2, 0.25) is 5.95 Å². The first-order valence-corrected chi connectivity index (χ1v) is 10.4. The highest BCUT2D eigenvalue weighted by atomic mass is 16.5. The third-order valence-electron chi connectivity index (χ3n) is 5.00. The van der Waals surface area contributed by atoms with Gasteiger partial charge in [-0.05, 0) is 52.4 Å². The van der Waals surface area contributed by atoms with Crippen molar-refractivity contribution in [2.24, 2.45) is 5.92 Å². The summed E-state index contributed by atoms with van der Waals surface area (Å²) >= 11 is 0. The summed E-state index contributed by atoms with van der Waals surface area (Å²) in [4.78, 5) is 11.5. The number of nitrogens with one attached hydrogen (secondary N) is 2. The normalized spacial score (nSPS) is 16.8. The Labute approximate surface area is 173 Å². The zero-order chi connectivity index (χ0) is 20.8. The molecule has 0 spiro atoms. The predicted molar refractivity (Wildman–Crippen MR) is 118 cm³/mol. The Bertz CT molecular complexity index is 812. The zero-order valence-electron chi connectivity index (χ0n) is 18.2. The quantitative estimate of drug-likeness (QED) is 0.658. The fourth-order valence-electron chi connectivity index (χ4n) is 3.53. The lowest BCUT2D eigenvalue weighted by Crippen LogP contribution is -2.21. The number of hydrogen-bond acceptors (Lipinski definition) is 7. The lowest BCUT2D eigenvalue weighted by molar-refractivity contribution is 0.234. The molecule has 0 amide bonds. The summed E-state index contributed by atoms with van der Waals surface area (Å²) in [5.74, 6) is 3.38. The van der Waals surface area contributed by atoms with Gasteiger partial charge >= 0.3 is 0 Å². The minimum Gasteiger partial charge on any atom is -0.493 e. The third-order valence-corrected chi connectivity index (χ3v) is 5.00. The number of hydrogen-bond donors (Lipinski definition) is 2. The Morgan fingerprint density at radius 2 is 2.03 bits per heavy atom. The Hall–Kier alpha value is -2.54. The molecule has 0 saturated carbocycles. The summed E-state index contributed by atoms with van der Waals surface area (Å²) in [6.07, 6.45) is 1.18. The van der Waals surface area contributed by atoms with E-state index in [0.29, 0.717) is 24.5 Å². The van der Waals surface area contributed by atoms with E-state index >= 15 is 0 Å². The van der Waals surface area contributed by atoms with E-state index in [4.69, 9.17) is 9.47 Å². The van der Waals surface area contributed by atoms with Crippen molar-refractivity contribution < 1.29 is 9.47 Å². The van der Waals surface area contributed by atoms with Crippen LogP contribution in [0.4, 0.5) is 17.5 Å². The molecular formula is C22H33N5O2. The molecule has 2 heterocycles. The van der Waals surface area contributed by atoms with E-state index in [9.17, 15) is 0 Å². The van der Waals surface area contributed by atoms with Crippen molar-refractivity contribution in [3.63, 3.8) is 0 Å². The van der Waals surface area contributed by atoms with Gasteiger partial charge in [0.1, 0.15) is 5.82 Å². The van der Waals surface area contributed by atoms with Crippen LogP contribution >= 0.6 is 0 Å². The number of ether oxygens (including phenoxy) is 2. The number of aryl methyl sites for hydroxylation is 1. The molecule has 1 aliphatic rings. The summed E-state index contributed by atoms with van der Waals surface area (Å²) in [6, 6.07) is 8.05. The lowest BCUT2D eigenvalue weighted by Gasteiger charge is -2.17. The smallest absolute Gasteiger partial charge is 0.229 e. The van der Waals surface area contributed by atoms with Gasteiger partial charge in [-0.2, -0.15) is 4.98 Å². The van der Waals surface area contributed by atoms with Crippen molar-refractivity contribution in [3.8, 4) is 11.5 Å². The van der Waals surface area contributed by atoms with E-state index in [-0.39, 0.29) is 0 Å². The molecule has 158 valence electrons. The van der Waals surface area contributed by atoms with Crippen LogP contribution in [0.15, 0.2) is 24.3 Å². The Kier molecular flexibility index (Phi) is 7.14. The van der Waals surface area contributed by atoms with Crippen LogP contribution in [0.1, 0.15) is 32.9 Å². The summed E-state index contributed by atoms with van der Waals surface area (Å²) in [5.41, 5.74) is 1.76. The number of anilines is 3. The van der Waals surface area contributed by atoms with Crippen molar-refractivity contribution in [1.82, 2.24) is 14.9 Å². The van der Waals surface area contributed by atoms with Gasteiger partial charge in [0.25, 0.3) is 0 Å². The second-order valence-corrected chi connectivity index (χ2v) is 7.87. The monoisotopic (exact) mass is 399 g/mol. The highest BCUT2D eigenvalue weighted by molar-refractivity contribution is 5.60. The first kappa shape index (κ1) is 21.2. The Morgan fingerprint density at radius 1 is 1.21 bits per heavy atom. The molecule has 2 aromatic rings. The van der Waals surface area contributed by atoms with E-state index in [1.807, 2.05) is 31.2 Å². The average Bonchev–Trinajstić information content (AvgIpc) is 3.13. The van der Waals surface area contributed by atoms with Crippen LogP contribution < -0.4 is 20.1 Å². The van der Waals surface area contributed by atoms with Crippen LogP contribution in [-0.4, -0.2) is 54.3 Å². The molecule has 7 heteroatoms. The van der Waals surface area contributed by atoms with Crippen molar-refractivity contribution in [2.45, 2.75) is 40.2 Å². The standard InChI is InChI=1S/C22H33N5O2/c1-6-27-10-9-17(13-27)14-29-20-12-18(7-8-19(20)28-5)25-22-24-16(4)11-21(26-22)23-15(2)3/h7-8,11-12,15,17H,6,9-10,13-14H2,1-5H3,(H2,23,24,25,26)/t17-/m1/s1. The van der Waals surface area contributed by atoms with Gasteiger partial charge < -0.3 is 25.0 Å². The number of methoxy groups -OCH3 is 1. The minimum atomic E-state index is 0.303. The topological polar surface area (TPSA) is 71.5 Å². The predicted octanol–water partition coefficient (Wildman–Crippen LogP) is 4.08. The first-order chi connectivity index (χ1) is 14.0. The van der Waals surface area contributed by atoms with E-state index in [0.717, 1.165) is 48.3 Å². The molecule has 7 nitrogen and oxygen atoms in total. The van der Waals surface area contributed by atoms with Crippen LogP contribution in [0.25, 0.3) is 0 Å². The van der Waals surface area contributed by atoms with Crippen LogP contribution in [0, 0.1) is 12.8 Å². The summed E-state index contributed by atoms with van der Waals surface area (Å²) in [7, 11) is 1.66. The Morgan fingerprint density at radius 3 is 2.72 bits per heavy atom. The summed E-state index contributed by atoms with van der Waals surface area (Å²) in [6.45, 7) is 12.4. The molecule has 3 rings (SSSR count). The molecule has 1 saturated heterocycles. The lowest BCUT2D eigenvalue weighted by atomic mass is 10.1. The summed E-state index contributed by atoms with van der Waals surface area (Å²) < 4.78 is 11.6. The minimum absolute atomic E-state index is 0.303. The van der Waals surface area contributed by atoms with E-state index < -0.39 is 0 Å². The molecule has 1 fully saturated rings. The van der Waals surface area contributed by atoms with Crippen molar-refractivity contribution in [3.05, 3.63) is 30.0 Å². The molecular weight excluding hydrogens is 366 g/mol. The number of nitrogens with zero attached hydrogens (tertiary/aromatic N) is 3. The highest BCUT2D eigenvalue weighted by Gasteiger charge is 2.22. The summed E-state index contributed by atoms with van der Waals surface area (Å²) in [5, 5.41) is 6.61. The van der Waals surface area contributed by atoms with Gasteiger partial charge in [-0.3, -0.25) is 0 Å². The maximum absolute atomic E-state index is 6.14. The first-order valence-electron chi connectivity index (χ1n) is 10.4. The number of benzene rings is 1. The second-order valence-electron chi connectivity index (χ2n) is 7.87. The van der Waals surface area contributed by atoms with Gasteiger partial charge in [-0.15, -0.1) is 0 Å². The third kappa shape index (κ3) is 5.97.